The van der Waals surface area contributed by atoms with Crippen LogP contribution in [0.5, 0.6) is 0 Å². The Morgan fingerprint density at radius 1 is 1.33 bits per heavy atom. The van der Waals surface area contributed by atoms with E-state index in [9.17, 15) is 13.2 Å². The first-order valence-corrected chi connectivity index (χ1v) is 5.75. The molecule has 0 atom stereocenters. The van der Waals surface area contributed by atoms with E-state index in [1.807, 2.05) is 0 Å². The first-order valence-electron chi connectivity index (χ1n) is 5.75. The van der Waals surface area contributed by atoms with Gasteiger partial charge in [0.25, 0.3) is 0 Å². The summed E-state index contributed by atoms with van der Waals surface area (Å²) in [4.78, 5) is 5.46. The molecule has 1 aromatic heterocycles. The molecule has 1 aromatic rings. The predicted molar refractivity (Wildman–Crippen MR) is 65.4 cm³/mol. The van der Waals surface area contributed by atoms with Gasteiger partial charge in [0.05, 0.1) is 6.54 Å². The third-order valence-corrected chi connectivity index (χ3v) is 2.58. The molecule has 102 valence electrons. The van der Waals surface area contributed by atoms with Gasteiger partial charge in [-0.25, -0.2) is 4.98 Å². The number of hydrogen-bond donors (Lipinski definition) is 1. The minimum absolute atomic E-state index is 0.171. The van der Waals surface area contributed by atoms with E-state index in [2.05, 4.69) is 10.3 Å². The quantitative estimate of drug-likeness (QED) is 0.883. The largest absolute Gasteiger partial charge is 0.401 e. The minimum Gasteiger partial charge on any atom is -0.373 e. The van der Waals surface area contributed by atoms with Crippen molar-refractivity contribution in [3.8, 4) is 0 Å². The van der Waals surface area contributed by atoms with E-state index in [0.717, 1.165) is 5.56 Å². The lowest BCUT2D eigenvalue weighted by atomic mass is 10.2. The molecule has 6 heteroatoms. The molecule has 0 fully saturated rings. The summed E-state index contributed by atoms with van der Waals surface area (Å²) in [7, 11) is 1.74. The van der Waals surface area contributed by atoms with Crippen molar-refractivity contribution in [1.82, 2.24) is 9.88 Å². The molecule has 0 radical (unpaired) electrons. The Hall–Kier alpha value is -1.30. The topological polar surface area (TPSA) is 28.2 Å². The van der Waals surface area contributed by atoms with Gasteiger partial charge >= 0.3 is 6.18 Å². The summed E-state index contributed by atoms with van der Waals surface area (Å²) in [6.45, 7) is 2.84. The number of nitrogens with zero attached hydrogens (tertiary/aromatic N) is 2. The SMILES string of the molecule is CNc1ccc(CN(CC(F)(F)F)C(C)C)cn1. The highest BCUT2D eigenvalue weighted by atomic mass is 19.4. The van der Waals surface area contributed by atoms with Crippen molar-refractivity contribution < 1.29 is 13.2 Å². The van der Waals surface area contributed by atoms with Crippen LogP contribution < -0.4 is 5.32 Å². The van der Waals surface area contributed by atoms with E-state index >= 15 is 0 Å². The second kappa shape index (κ2) is 6.04. The number of alkyl halides is 3. The van der Waals surface area contributed by atoms with E-state index in [1.54, 1.807) is 39.2 Å². The summed E-state index contributed by atoms with van der Waals surface area (Å²) in [6.07, 6.45) is -2.58. The van der Waals surface area contributed by atoms with Crippen LogP contribution in [0.3, 0.4) is 0 Å². The summed E-state index contributed by atoms with van der Waals surface area (Å²) in [5.41, 5.74) is 0.770. The number of rotatable bonds is 5. The van der Waals surface area contributed by atoms with Crippen molar-refractivity contribution in [3.05, 3.63) is 23.9 Å². The van der Waals surface area contributed by atoms with Crippen LogP contribution in [0.4, 0.5) is 19.0 Å². The van der Waals surface area contributed by atoms with Gasteiger partial charge in [-0.2, -0.15) is 13.2 Å². The number of hydrogen-bond acceptors (Lipinski definition) is 3. The van der Waals surface area contributed by atoms with Crippen LogP contribution in [0.15, 0.2) is 18.3 Å². The van der Waals surface area contributed by atoms with Crippen LogP contribution >= 0.6 is 0 Å². The third kappa shape index (κ3) is 4.91. The number of aromatic nitrogens is 1. The first kappa shape index (κ1) is 14.8. The summed E-state index contributed by atoms with van der Waals surface area (Å²) in [5, 5.41) is 2.86. The second-order valence-corrected chi connectivity index (χ2v) is 4.42. The van der Waals surface area contributed by atoms with E-state index in [1.165, 1.54) is 4.90 Å². The molecule has 18 heavy (non-hydrogen) atoms. The van der Waals surface area contributed by atoms with Crippen LogP contribution in [0, 0.1) is 0 Å². The number of anilines is 1. The lowest BCUT2D eigenvalue weighted by molar-refractivity contribution is -0.150. The Balaban J connectivity index is 2.70. The lowest BCUT2D eigenvalue weighted by Crippen LogP contribution is -2.38. The fraction of sp³-hybridized carbons (Fsp3) is 0.583. The molecule has 0 aliphatic heterocycles. The van der Waals surface area contributed by atoms with Gasteiger partial charge in [0.15, 0.2) is 0 Å². The van der Waals surface area contributed by atoms with E-state index < -0.39 is 12.7 Å². The normalized spacial score (nSPS) is 12.2. The molecule has 0 unspecified atom stereocenters. The number of halogens is 3. The minimum atomic E-state index is -4.18. The highest BCUT2D eigenvalue weighted by Crippen LogP contribution is 2.20. The van der Waals surface area contributed by atoms with Crippen LogP contribution in [0.2, 0.25) is 0 Å². The highest BCUT2D eigenvalue weighted by molar-refractivity contribution is 5.34. The average Bonchev–Trinajstić information content (AvgIpc) is 2.27. The van der Waals surface area contributed by atoms with Gasteiger partial charge in [-0.15, -0.1) is 0 Å². The molecule has 0 spiro atoms. The maximum absolute atomic E-state index is 12.4. The zero-order valence-corrected chi connectivity index (χ0v) is 10.8. The van der Waals surface area contributed by atoms with Gasteiger partial charge in [0.1, 0.15) is 5.82 Å². The summed E-state index contributed by atoms with van der Waals surface area (Å²) >= 11 is 0. The Labute approximate surface area is 105 Å². The standard InChI is InChI=1S/C12H18F3N3/c1-9(2)18(8-12(13,14)15)7-10-4-5-11(16-3)17-6-10/h4-6,9H,7-8H2,1-3H3,(H,16,17). The summed E-state index contributed by atoms with van der Waals surface area (Å²) in [5.74, 6) is 0.700. The first-order chi connectivity index (χ1) is 8.31. The van der Waals surface area contributed by atoms with E-state index in [4.69, 9.17) is 0 Å². The zero-order valence-electron chi connectivity index (χ0n) is 10.8. The molecule has 0 aliphatic carbocycles. The van der Waals surface area contributed by atoms with Gasteiger partial charge < -0.3 is 5.32 Å². The second-order valence-electron chi connectivity index (χ2n) is 4.42. The molecule has 1 heterocycles. The van der Waals surface area contributed by atoms with Crippen molar-refractivity contribution in [2.75, 3.05) is 18.9 Å². The lowest BCUT2D eigenvalue weighted by Gasteiger charge is -2.27. The molecular weight excluding hydrogens is 243 g/mol. The number of nitrogens with one attached hydrogen (secondary N) is 1. The Morgan fingerprint density at radius 2 is 2.00 bits per heavy atom. The predicted octanol–water partition coefficient (Wildman–Crippen LogP) is 2.90. The summed E-state index contributed by atoms with van der Waals surface area (Å²) < 4.78 is 37.3. The average molecular weight is 261 g/mol. The molecule has 3 nitrogen and oxygen atoms in total. The Bertz CT molecular complexity index is 360. The van der Waals surface area contributed by atoms with Crippen LogP contribution in [-0.2, 0) is 6.54 Å². The Morgan fingerprint density at radius 3 is 2.39 bits per heavy atom. The Kier molecular flexibility index (Phi) is 4.95. The molecule has 0 amide bonds. The van der Waals surface area contributed by atoms with Crippen molar-refractivity contribution in [2.45, 2.75) is 32.6 Å². The maximum Gasteiger partial charge on any atom is 0.401 e. The molecule has 0 saturated carbocycles. The van der Waals surface area contributed by atoms with E-state index in [0.29, 0.717) is 5.82 Å². The molecular formula is C12H18F3N3. The van der Waals surface area contributed by atoms with Crippen molar-refractivity contribution in [2.24, 2.45) is 0 Å². The fourth-order valence-electron chi connectivity index (χ4n) is 1.55. The monoisotopic (exact) mass is 261 g/mol. The summed E-state index contributed by atoms with van der Waals surface area (Å²) in [6, 6.07) is 3.36. The molecule has 0 bridgehead atoms. The van der Waals surface area contributed by atoms with Gasteiger partial charge in [0, 0.05) is 25.8 Å². The molecule has 0 saturated heterocycles. The fourth-order valence-corrected chi connectivity index (χ4v) is 1.55. The van der Waals surface area contributed by atoms with Gasteiger partial charge in [-0.05, 0) is 25.5 Å². The van der Waals surface area contributed by atoms with Crippen molar-refractivity contribution >= 4 is 5.82 Å². The molecule has 1 N–H and O–H groups in total. The maximum atomic E-state index is 12.4. The van der Waals surface area contributed by atoms with Gasteiger partial charge in [0.2, 0.25) is 0 Å². The van der Waals surface area contributed by atoms with Crippen LogP contribution in [0.1, 0.15) is 19.4 Å². The van der Waals surface area contributed by atoms with Gasteiger partial charge in [-0.1, -0.05) is 6.07 Å². The zero-order chi connectivity index (χ0) is 13.8. The smallest absolute Gasteiger partial charge is 0.373 e. The van der Waals surface area contributed by atoms with Gasteiger partial charge in [-0.3, -0.25) is 4.90 Å². The van der Waals surface area contributed by atoms with E-state index in [-0.39, 0.29) is 12.6 Å². The van der Waals surface area contributed by atoms with Crippen LogP contribution in [0.25, 0.3) is 0 Å². The van der Waals surface area contributed by atoms with Crippen molar-refractivity contribution in [1.29, 1.82) is 0 Å². The van der Waals surface area contributed by atoms with Crippen molar-refractivity contribution in [3.63, 3.8) is 0 Å². The third-order valence-electron chi connectivity index (χ3n) is 2.58. The molecule has 0 aromatic carbocycles. The number of pyridine rings is 1. The van der Waals surface area contributed by atoms with Crippen LogP contribution in [-0.4, -0.2) is 35.7 Å². The molecule has 1 rings (SSSR count). The highest BCUT2D eigenvalue weighted by Gasteiger charge is 2.31. The molecule has 0 aliphatic rings.